The van der Waals surface area contributed by atoms with E-state index in [1.54, 1.807) is 13.0 Å². The minimum atomic E-state index is -0.854. The summed E-state index contributed by atoms with van der Waals surface area (Å²) >= 11 is 3.20. The number of nitrogens with zero attached hydrogens (tertiary/aromatic N) is 1. The number of benzene rings is 1. The standard InChI is InChI=1S/C13H18BrNO5/c1-3-19-5-4-6-20-13-11(9(2)16)7-10(14)8-12(13)15(17)18/h7-9,16H,3-6H2,1-2H3/t9-/m1/s1. The summed E-state index contributed by atoms with van der Waals surface area (Å²) in [6.45, 7) is 4.88. The fraction of sp³-hybridized carbons (Fsp3) is 0.538. The summed E-state index contributed by atoms with van der Waals surface area (Å²) in [5.41, 5.74) is 0.231. The molecule has 6 nitrogen and oxygen atoms in total. The second kappa shape index (κ2) is 8.18. The van der Waals surface area contributed by atoms with Gasteiger partial charge >= 0.3 is 5.69 Å². The molecule has 0 aromatic heterocycles. The van der Waals surface area contributed by atoms with Crippen molar-refractivity contribution in [3.63, 3.8) is 0 Å². The van der Waals surface area contributed by atoms with E-state index in [1.165, 1.54) is 6.07 Å². The number of nitro groups is 1. The SMILES string of the molecule is CCOCCCOc1c([C@@H](C)O)cc(Br)cc1[N+](=O)[O-]. The molecule has 0 aliphatic carbocycles. The molecule has 1 aromatic rings. The zero-order valence-corrected chi connectivity index (χ0v) is 13.1. The van der Waals surface area contributed by atoms with E-state index in [9.17, 15) is 15.2 Å². The Morgan fingerprint density at radius 1 is 1.45 bits per heavy atom. The van der Waals surface area contributed by atoms with E-state index >= 15 is 0 Å². The van der Waals surface area contributed by atoms with Crippen molar-refractivity contribution in [1.29, 1.82) is 0 Å². The van der Waals surface area contributed by atoms with Gasteiger partial charge in [-0.15, -0.1) is 0 Å². The average molecular weight is 348 g/mol. The van der Waals surface area contributed by atoms with Gasteiger partial charge in [-0.3, -0.25) is 10.1 Å². The van der Waals surface area contributed by atoms with Crippen LogP contribution in [-0.4, -0.2) is 29.9 Å². The summed E-state index contributed by atoms with van der Waals surface area (Å²) in [6, 6.07) is 2.99. The molecule has 20 heavy (non-hydrogen) atoms. The number of halogens is 1. The molecular weight excluding hydrogens is 330 g/mol. The maximum Gasteiger partial charge on any atom is 0.312 e. The third kappa shape index (κ3) is 4.73. The Kier molecular flexibility index (Phi) is 6.90. The second-order valence-corrected chi connectivity index (χ2v) is 5.09. The molecule has 1 rings (SSSR count). The van der Waals surface area contributed by atoms with E-state index in [0.29, 0.717) is 36.3 Å². The zero-order chi connectivity index (χ0) is 15.1. The van der Waals surface area contributed by atoms with Crippen LogP contribution in [0.3, 0.4) is 0 Å². The Morgan fingerprint density at radius 3 is 2.70 bits per heavy atom. The van der Waals surface area contributed by atoms with Gasteiger partial charge in [0, 0.05) is 35.7 Å². The maximum absolute atomic E-state index is 11.1. The molecule has 1 atom stereocenters. The van der Waals surface area contributed by atoms with Gasteiger partial charge in [0.2, 0.25) is 5.75 Å². The molecule has 7 heteroatoms. The summed E-state index contributed by atoms with van der Waals surface area (Å²) in [4.78, 5) is 10.6. The summed E-state index contributed by atoms with van der Waals surface area (Å²) in [5, 5.41) is 20.8. The van der Waals surface area contributed by atoms with Crippen LogP contribution < -0.4 is 4.74 Å². The minimum absolute atomic E-state index is 0.115. The van der Waals surface area contributed by atoms with Crippen molar-refractivity contribution in [2.24, 2.45) is 0 Å². The van der Waals surface area contributed by atoms with Crippen molar-refractivity contribution in [3.05, 3.63) is 32.3 Å². The Balaban J connectivity index is 2.92. The van der Waals surface area contributed by atoms with E-state index in [-0.39, 0.29) is 11.4 Å². The molecule has 0 saturated carbocycles. The van der Waals surface area contributed by atoms with E-state index in [0.717, 1.165) is 0 Å². The molecule has 1 aromatic carbocycles. The Labute approximate surface area is 126 Å². The fourth-order valence-electron chi connectivity index (χ4n) is 1.68. The zero-order valence-electron chi connectivity index (χ0n) is 11.5. The average Bonchev–Trinajstić information content (AvgIpc) is 2.38. The van der Waals surface area contributed by atoms with Gasteiger partial charge < -0.3 is 14.6 Å². The van der Waals surface area contributed by atoms with Gasteiger partial charge in [-0.1, -0.05) is 15.9 Å². The van der Waals surface area contributed by atoms with Crippen molar-refractivity contribution in [2.45, 2.75) is 26.4 Å². The fourth-order valence-corrected chi connectivity index (χ4v) is 2.15. The third-order valence-electron chi connectivity index (χ3n) is 2.59. The lowest BCUT2D eigenvalue weighted by molar-refractivity contribution is -0.386. The van der Waals surface area contributed by atoms with Crippen LogP contribution >= 0.6 is 15.9 Å². The van der Waals surface area contributed by atoms with Crippen molar-refractivity contribution in [1.82, 2.24) is 0 Å². The van der Waals surface area contributed by atoms with Gasteiger partial charge in [0.1, 0.15) is 0 Å². The van der Waals surface area contributed by atoms with Crippen LogP contribution in [0.4, 0.5) is 5.69 Å². The number of hydrogen-bond acceptors (Lipinski definition) is 5. The Bertz CT molecular complexity index is 464. The number of aliphatic hydroxyl groups excluding tert-OH is 1. The van der Waals surface area contributed by atoms with Crippen LogP contribution in [0.25, 0.3) is 0 Å². The van der Waals surface area contributed by atoms with Gasteiger partial charge in [0.15, 0.2) is 0 Å². The monoisotopic (exact) mass is 347 g/mol. The predicted molar refractivity (Wildman–Crippen MR) is 78.0 cm³/mol. The van der Waals surface area contributed by atoms with Gasteiger partial charge in [-0.2, -0.15) is 0 Å². The summed E-state index contributed by atoms with van der Waals surface area (Å²) < 4.78 is 11.2. The third-order valence-corrected chi connectivity index (χ3v) is 3.05. The molecule has 0 heterocycles. The Hall–Kier alpha value is -1.18. The molecular formula is C13H18BrNO5. The largest absolute Gasteiger partial charge is 0.486 e. The number of hydrogen-bond donors (Lipinski definition) is 1. The first-order valence-corrected chi connectivity index (χ1v) is 7.13. The van der Waals surface area contributed by atoms with Crippen molar-refractivity contribution >= 4 is 21.6 Å². The highest BCUT2D eigenvalue weighted by molar-refractivity contribution is 9.10. The summed E-state index contributed by atoms with van der Waals surface area (Å²) in [7, 11) is 0. The molecule has 112 valence electrons. The van der Waals surface area contributed by atoms with E-state index in [1.807, 2.05) is 6.92 Å². The van der Waals surface area contributed by atoms with Crippen LogP contribution in [0, 0.1) is 10.1 Å². The molecule has 0 spiro atoms. The lowest BCUT2D eigenvalue weighted by Gasteiger charge is -2.14. The highest BCUT2D eigenvalue weighted by Gasteiger charge is 2.23. The highest BCUT2D eigenvalue weighted by Crippen LogP contribution is 2.37. The molecule has 0 radical (unpaired) electrons. The Morgan fingerprint density at radius 2 is 2.15 bits per heavy atom. The lowest BCUT2D eigenvalue weighted by Crippen LogP contribution is -2.07. The van der Waals surface area contributed by atoms with Gasteiger partial charge in [-0.25, -0.2) is 0 Å². The number of aliphatic hydroxyl groups is 1. The number of ether oxygens (including phenoxy) is 2. The van der Waals surface area contributed by atoms with Crippen molar-refractivity contribution < 1.29 is 19.5 Å². The predicted octanol–water partition coefficient (Wildman–Crippen LogP) is 3.22. The first-order chi connectivity index (χ1) is 9.47. The second-order valence-electron chi connectivity index (χ2n) is 4.18. The first-order valence-electron chi connectivity index (χ1n) is 6.33. The van der Waals surface area contributed by atoms with E-state index in [4.69, 9.17) is 9.47 Å². The van der Waals surface area contributed by atoms with Crippen molar-refractivity contribution in [3.8, 4) is 5.75 Å². The molecule has 0 bridgehead atoms. The van der Waals surface area contributed by atoms with Crippen LogP contribution in [0.1, 0.15) is 31.9 Å². The quantitative estimate of drug-likeness (QED) is 0.443. The topological polar surface area (TPSA) is 81.8 Å². The lowest BCUT2D eigenvalue weighted by atomic mass is 10.1. The van der Waals surface area contributed by atoms with Gasteiger partial charge in [0.05, 0.1) is 17.6 Å². The van der Waals surface area contributed by atoms with Crippen molar-refractivity contribution in [2.75, 3.05) is 19.8 Å². The molecule has 0 amide bonds. The summed E-state index contributed by atoms with van der Waals surface area (Å²) in [5.74, 6) is 0.115. The van der Waals surface area contributed by atoms with Crippen LogP contribution in [0.15, 0.2) is 16.6 Å². The smallest absolute Gasteiger partial charge is 0.312 e. The molecule has 1 N–H and O–H groups in total. The van der Waals surface area contributed by atoms with Crippen LogP contribution in [-0.2, 0) is 4.74 Å². The van der Waals surface area contributed by atoms with Crippen LogP contribution in [0.2, 0.25) is 0 Å². The van der Waals surface area contributed by atoms with Gasteiger partial charge in [0.25, 0.3) is 0 Å². The molecule has 0 aliphatic rings. The molecule has 0 fully saturated rings. The molecule has 0 unspecified atom stereocenters. The highest BCUT2D eigenvalue weighted by atomic mass is 79.9. The van der Waals surface area contributed by atoms with Crippen LogP contribution in [0.5, 0.6) is 5.75 Å². The minimum Gasteiger partial charge on any atom is -0.486 e. The normalized spacial score (nSPS) is 12.2. The van der Waals surface area contributed by atoms with Gasteiger partial charge in [-0.05, 0) is 19.9 Å². The molecule has 0 aliphatic heterocycles. The number of rotatable bonds is 8. The first kappa shape index (κ1) is 16.9. The maximum atomic E-state index is 11.1. The summed E-state index contributed by atoms with van der Waals surface area (Å²) in [6.07, 6.45) is -0.228. The molecule has 0 saturated heterocycles. The van der Waals surface area contributed by atoms with E-state index in [2.05, 4.69) is 15.9 Å². The van der Waals surface area contributed by atoms with E-state index < -0.39 is 11.0 Å². The number of nitro benzene ring substituents is 1.